The Morgan fingerprint density at radius 3 is 2.41 bits per heavy atom. The predicted octanol–water partition coefficient (Wildman–Crippen LogP) is 2.44. The van der Waals surface area contributed by atoms with Crippen molar-refractivity contribution >= 4 is 0 Å². The van der Waals surface area contributed by atoms with Gasteiger partial charge in [0.2, 0.25) is 0 Å². The first-order chi connectivity index (χ1) is 8.33. The second-order valence-electron chi connectivity index (χ2n) is 5.15. The van der Waals surface area contributed by atoms with Crippen molar-refractivity contribution in [1.29, 1.82) is 0 Å². The van der Waals surface area contributed by atoms with E-state index in [-0.39, 0.29) is 0 Å². The van der Waals surface area contributed by atoms with Crippen molar-refractivity contribution in [3.8, 4) is 0 Å². The van der Waals surface area contributed by atoms with E-state index in [0.29, 0.717) is 6.04 Å². The van der Waals surface area contributed by atoms with Crippen LogP contribution in [0.2, 0.25) is 0 Å². The maximum atomic E-state index is 4.05. The number of aryl methyl sites for hydroxylation is 1. The third kappa shape index (κ3) is 3.06. The summed E-state index contributed by atoms with van der Waals surface area (Å²) in [4.78, 5) is 0. The highest BCUT2D eigenvalue weighted by Gasteiger charge is 2.24. The van der Waals surface area contributed by atoms with Crippen molar-refractivity contribution < 1.29 is 0 Å². The zero-order valence-corrected chi connectivity index (χ0v) is 11.0. The van der Waals surface area contributed by atoms with Crippen LogP contribution < -0.4 is 5.32 Å². The van der Waals surface area contributed by atoms with Crippen molar-refractivity contribution in [2.24, 2.45) is 13.0 Å². The van der Waals surface area contributed by atoms with E-state index < -0.39 is 0 Å². The van der Waals surface area contributed by atoms with E-state index in [1.807, 2.05) is 17.9 Å². The highest BCUT2D eigenvalue weighted by Crippen LogP contribution is 2.32. The predicted molar refractivity (Wildman–Crippen MR) is 68.6 cm³/mol. The maximum Gasteiger partial charge on any atom is 0.0755 e. The van der Waals surface area contributed by atoms with Gasteiger partial charge in [0.25, 0.3) is 0 Å². The minimum atomic E-state index is 0.410. The molecular weight excluding hydrogens is 212 g/mol. The Labute approximate surface area is 104 Å². The van der Waals surface area contributed by atoms with E-state index in [9.17, 15) is 0 Å². The molecule has 1 saturated carbocycles. The fourth-order valence-electron chi connectivity index (χ4n) is 3.03. The minimum Gasteiger partial charge on any atom is -0.311 e. The number of rotatable bonds is 3. The molecule has 0 bridgehead atoms. The normalized spacial score (nSPS) is 20.8. The summed E-state index contributed by atoms with van der Waals surface area (Å²) < 4.78 is 1.90. The van der Waals surface area contributed by atoms with Crippen LogP contribution in [0.1, 0.15) is 56.7 Å². The molecule has 1 N–H and O–H groups in total. The van der Waals surface area contributed by atoms with Gasteiger partial charge in [0, 0.05) is 7.05 Å². The van der Waals surface area contributed by atoms with Crippen LogP contribution in [0.25, 0.3) is 0 Å². The summed E-state index contributed by atoms with van der Waals surface area (Å²) in [6.07, 6.45) is 11.5. The third-order valence-corrected chi connectivity index (χ3v) is 4.00. The molecule has 2 rings (SSSR count). The molecule has 17 heavy (non-hydrogen) atoms. The third-order valence-electron chi connectivity index (χ3n) is 4.00. The molecule has 1 aliphatic carbocycles. The molecule has 1 unspecified atom stereocenters. The molecule has 1 atom stereocenters. The van der Waals surface area contributed by atoms with Crippen molar-refractivity contribution in [2.45, 2.75) is 51.0 Å². The smallest absolute Gasteiger partial charge is 0.0755 e. The Kier molecular flexibility index (Phi) is 4.54. The first-order valence-electron chi connectivity index (χ1n) is 6.84. The van der Waals surface area contributed by atoms with Crippen LogP contribution in [0.3, 0.4) is 0 Å². The summed E-state index contributed by atoms with van der Waals surface area (Å²) in [6, 6.07) is 0.410. The molecule has 0 amide bonds. The highest BCUT2D eigenvalue weighted by molar-refractivity contribution is 5.03. The average Bonchev–Trinajstić information content (AvgIpc) is 2.69. The summed E-state index contributed by atoms with van der Waals surface area (Å²) in [6.45, 7) is 0. The number of aromatic nitrogens is 3. The Bertz CT molecular complexity index is 326. The van der Waals surface area contributed by atoms with Gasteiger partial charge in [-0.15, -0.1) is 5.10 Å². The first kappa shape index (κ1) is 12.6. The lowest BCUT2D eigenvalue weighted by Crippen LogP contribution is -2.28. The average molecular weight is 236 g/mol. The zero-order chi connectivity index (χ0) is 12.1. The summed E-state index contributed by atoms with van der Waals surface area (Å²) in [5.41, 5.74) is 1.22. The molecule has 96 valence electrons. The standard InChI is InChI=1S/C13H24N4/c1-14-13(12-10-15-16-17(12)2)11-8-6-4-3-5-7-9-11/h10-11,13-14H,3-9H2,1-2H3. The zero-order valence-electron chi connectivity index (χ0n) is 11.0. The fraction of sp³-hybridized carbons (Fsp3) is 0.846. The van der Waals surface area contributed by atoms with Crippen LogP contribution >= 0.6 is 0 Å². The quantitative estimate of drug-likeness (QED) is 0.876. The van der Waals surface area contributed by atoms with Gasteiger partial charge in [-0.05, 0) is 25.8 Å². The van der Waals surface area contributed by atoms with Gasteiger partial charge in [0.15, 0.2) is 0 Å². The largest absolute Gasteiger partial charge is 0.311 e. The molecule has 0 spiro atoms. The fourth-order valence-corrected chi connectivity index (χ4v) is 3.03. The molecule has 1 aromatic rings. The minimum absolute atomic E-state index is 0.410. The van der Waals surface area contributed by atoms with E-state index in [4.69, 9.17) is 0 Å². The Morgan fingerprint density at radius 1 is 1.24 bits per heavy atom. The SMILES string of the molecule is CNC(c1cnnn1C)C1CCCCCCC1. The lowest BCUT2D eigenvalue weighted by Gasteiger charge is -2.28. The van der Waals surface area contributed by atoms with E-state index >= 15 is 0 Å². The van der Waals surface area contributed by atoms with Crippen molar-refractivity contribution in [2.75, 3.05) is 7.05 Å². The summed E-state index contributed by atoms with van der Waals surface area (Å²) in [5, 5.41) is 11.5. The molecule has 0 radical (unpaired) electrons. The van der Waals surface area contributed by atoms with Crippen LogP contribution in [0.15, 0.2) is 6.20 Å². The molecule has 1 aliphatic rings. The number of nitrogens with one attached hydrogen (secondary N) is 1. The highest BCUT2D eigenvalue weighted by atomic mass is 15.4. The summed E-state index contributed by atoms with van der Waals surface area (Å²) in [5.74, 6) is 0.734. The Hall–Kier alpha value is -0.900. The Morgan fingerprint density at radius 2 is 1.88 bits per heavy atom. The lowest BCUT2D eigenvalue weighted by atomic mass is 9.84. The van der Waals surface area contributed by atoms with Gasteiger partial charge in [0.1, 0.15) is 0 Å². The molecule has 4 heteroatoms. The van der Waals surface area contributed by atoms with Crippen molar-refractivity contribution in [3.05, 3.63) is 11.9 Å². The van der Waals surface area contributed by atoms with E-state index in [0.717, 1.165) is 5.92 Å². The van der Waals surface area contributed by atoms with Gasteiger partial charge in [-0.25, -0.2) is 0 Å². The molecule has 0 aromatic carbocycles. The molecule has 0 aliphatic heterocycles. The van der Waals surface area contributed by atoms with Gasteiger partial charge in [-0.3, -0.25) is 4.68 Å². The molecular formula is C13H24N4. The van der Waals surface area contributed by atoms with Gasteiger partial charge in [-0.2, -0.15) is 0 Å². The number of hydrogen-bond donors (Lipinski definition) is 1. The van der Waals surface area contributed by atoms with Gasteiger partial charge < -0.3 is 5.32 Å². The van der Waals surface area contributed by atoms with Crippen LogP contribution in [0.5, 0.6) is 0 Å². The van der Waals surface area contributed by atoms with Gasteiger partial charge in [-0.1, -0.05) is 37.3 Å². The van der Waals surface area contributed by atoms with Crippen molar-refractivity contribution in [3.63, 3.8) is 0 Å². The maximum absolute atomic E-state index is 4.05. The van der Waals surface area contributed by atoms with E-state index in [2.05, 4.69) is 22.7 Å². The number of hydrogen-bond acceptors (Lipinski definition) is 3. The van der Waals surface area contributed by atoms with Gasteiger partial charge in [0.05, 0.1) is 17.9 Å². The molecule has 0 saturated heterocycles. The van der Waals surface area contributed by atoms with Crippen molar-refractivity contribution in [1.82, 2.24) is 20.3 Å². The molecule has 4 nitrogen and oxygen atoms in total. The molecule has 1 aromatic heterocycles. The molecule has 1 heterocycles. The second kappa shape index (κ2) is 6.15. The van der Waals surface area contributed by atoms with E-state index in [1.54, 1.807) is 0 Å². The lowest BCUT2D eigenvalue weighted by molar-refractivity contribution is 0.290. The summed E-state index contributed by atoms with van der Waals surface area (Å²) in [7, 11) is 4.03. The Balaban J connectivity index is 2.08. The van der Waals surface area contributed by atoms with Crippen LogP contribution in [-0.2, 0) is 7.05 Å². The van der Waals surface area contributed by atoms with Crippen LogP contribution in [0.4, 0.5) is 0 Å². The monoisotopic (exact) mass is 236 g/mol. The van der Waals surface area contributed by atoms with Crippen LogP contribution in [0, 0.1) is 5.92 Å². The number of nitrogens with zero attached hydrogens (tertiary/aromatic N) is 3. The van der Waals surface area contributed by atoms with Crippen LogP contribution in [-0.4, -0.2) is 22.0 Å². The molecule has 1 fully saturated rings. The second-order valence-corrected chi connectivity index (χ2v) is 5.15. The summed E-state index contributed by atoms with van der Waals surface area (Å²) >= 11 is 0. The van der Waals surface area contributed by atoms with Gasteiger partial charge >= 0.3 is 0 Å². The topological polar surface area (TPSA) is 42.7 Å². The first-order valence-corrected chi connectivity index (χ1v) is 6.84. The van der Waals surface area contributed by atoms with E-state index in [1.165, 1.54) is 50.6 Å².